The number of aromatic nitrogens is 2. The number of likely N-dealkylation sites (N-methyl/N-ethyl adjacent to an activating group) is 1. The minimum Gasteiger partial charge on any atom is -0.462 e. The quantitative estimate of drug-likeness (QED) is 0.313. The molecule has 3 aromatic rings. The number of nitrogens with zero attached hydrogens (tertiary/aromatic N) is 7. The number of anilines is 2. The molecule has 1 saturated carbocycles. The Bertz CT molecular complexity index is 1680. The van der Waals surface area contributed by atoms with Crippen molar-refractivity contribution in [2.45, 2.75) is 51.2 Å². The molecular formula is C33H41N7O3S. The van der Waals surface area contributed by atoms with Crippen LogP contribution in [0.3, 0.4) is 0 Å². The maximum Gasteiger partial charge on any atom is 0.318 e. The fourth-order valence-electron chi connectivity index (χ4n) is 6.70. The second-order valence-corrected chi connectivity index (χ2v) is 13.9. The lowest BCUT2D eigenvalue weighted by atomic mass is 9.92. The zero-order valence-corrected chi connectivity index (χ0v) is 26.5. The van der Waals surface area contributed by atoms with Gasteiger partial charge in [0.25, 0.3) is 0 Å². The van der Waals surface area contributed by atoms with E-state index in [1.54, 1.807) is 0 Å². The molecule has 0 unspecified atom stereocenters. The normalized spacial score (nSPS) is 19.5. The summed E-state index contributed by atoms with van der Waals surface area (Å²) in [4.78, 5) is 20.3. The van der Waals surface area contributed by atoms with Crippen molar-refractivity contribution in [2.75, 3.05) is 62.7 Å². The van der Waals surface area contributed by atoms with Crippen LogP contribution in [0, 0.1) is 13.5 Å². The first-order chi connectivity index (χ1) is 21.3. The SMILES string of the molecule is [C-]#[N+]C[C@H]1CN(c2nc(OCCN(C)C3CCC3)nc3c2CCN(c2cccc4cccc(C)c24)C3)CCN1S(=O)(=O)C=C. The van der Waals surface area contributed by atoms with Crippen molar-refractivity contribution in [3.8, 4) is 6.01 Å². The summed E-state index contributed by atoms with van der Waals surface area (Å²) in [5, 5.41) is 3.45. The van der Waals surface area contributed by atoms with E-state index in [1.807, 2.05) is 0 Å². The van der Waals surface area contributed by atoms with Crippen LogP contribution in [-0.4, -0.2) is 92.6 Å². The number of piperazine rings is 1. The number of hydrogen-bond donors (Lipinski definition) is 0. The van der Waals surface area contributed by atoms with Crippen LogP contribution in [0.25, 0.3) is 15.6 Å². The van der Waals surface area contributed by atoms with Crippen LogP contribution in [0.1, 0.15) is 36.1 Å². The van der Waals surface area contributed by atoms with Crippen LogP contribution in [-0.2, 0) is 23.0 Å². The third-order valence-electron chi connectivity index (χ3n) is 9.40. The lowest BCUT2D eigenvalue weighted by Gasteiger charge is -2.40. The summed E-state index contributed by atoms with van der Waals surface area (Å²) in [5.74, 6) is 0.789. The van der Waals surface area contributed by atoms with Crippen molar-refractivity contribution in [2.24, 2.45) is 0 Å². The molecular weight excluding hydrogens is 574 g/mol. The Hall–Kier alpha value is -3.72. The molecule has 1 aromatic heterocycles. The Kier molecular flexibility index (Phi) is 8.76. The van der Waals surface area contributed by atoms with E-state index in [0.717, 1.165) is 42.0 Å². The highest BCUT2D eigenvalue weighted by Crippen LogP contribution is 2.36. The highest BCUT2D eigenvalue weighted by atomic mass is 32.2. The van der Waals surface area contributed by atoms with Crippen molar-refractivity contribution in [1.82, 2.24) is 19.2 Å². The molecule has 3 heterocycles. The molecule has 11 heteroatoms. The highest BCUT2D eigenvalue weighted by Gasteiger charge is 2.38. The molecule has 0 N–H and O–H groups in total. The molecule has 232 valence electrons. The molecule has 1 atom stereocenters. The van der Waals surface area contributed by atoms with E-state index in [1.165, 1.54) is 45.6 Å². The van der Waals surface area contributed by atoms with E-state index in [0.29, 0.717) is 38.3 Å². The summed E-state index contributed by atoms with van der Waals surface area (Å²) in [6.45, 7) is 17.0. The number of sulfonamides is 1. The Morgan fingerprint density at radius 2 is 1.93 bits per heavy atom. The van der Waals surface area contributed by atoms with Gasteiger partial charge in [0, 0.05) is 60.8 Å². The Morgan fingerprint density at radius 3 is 2.66 bits per heavy atom. The van der Waals surface area contributed by atoms with Crippen LogP contribution < -0.4 is 14.5 Å². The zero-order valence-electron chi connectivity index (χ0n) is 25.7. The maximum absolute atomic E-state index is 12.7. The second kappa shape index (κ2) is 12.7. The van der Waals surface area contributed by atoms with Gasteiger partial charge in [-0.3, -0.25) is 0 Å². The fourth-order valence-corrected chi connectivity index (χ4v) is 7.77. The van der Waals surface area contributed by atoms with E-state index in [-0.39, 0.29) is 13.1 Å². The smallest absolute Gasteiger partial charge is 0.318 e. The van der Waals surface area contributed by atoms with Gasteiger partial charge in [0.05, 0.1) is 12.2 Å². The Morgan fingerprint density at radius 1 is 1.14 bits per heavy atom. The van der Waals surface area contributed by atoms with Gasteiger partial charge in [-0.2, -0.15) is 14.3 Å². The maximum atomic E-state index is 12.7. The van der Waals surface area contributed by atoms with Crippen molar-refractivity contribution in [1.29, 1.82) is 0 Å². The average molecular weight is 616 g/mol. The molecule has 44 heavy (non-hydrogen) atoms. The van der Waals surface area contributed by atoms with Gasteiger partial charge in [0.1, 0.15) is 18.5 Å². The van der Waals surface area contributed by atoms with E-state index >= 15 is 0 Å². The van der Waals surface area contributed by atoms with Gasteiger partial charge in [0.2, 0.25) is 16.6 Å². The van der Waals surface area contributed by atoms with Gasteiger partial charge in [0.15, 0.2) is 0 Å². The first-order valence-corrected chi connectivity index (χ1v) is 17.0. The molecule has 2 aromatic carbocycles. The van der Waals surface area contributed by atoms with Crippen LogP contribution in [0.2, 0.25) is 0 Å². The number of hydrogen-bond acceptors (Lipinski definition) is 8. The molecule has 3 aliphatic rings. The molecule has 10 nitrogen and oxygen atoms in total. The van der Waals surface area contributed by atoms with Crippen molar-refractivity contribution in [3.63, 3.8) is 0 Å². The number of benzene rings is 2. The second-order valence-electron chi connectivity index (χ2n) is 12.1. The van der Waals surface area contributed by atoms with Gasteiger partial charge in [-0.05, 0) is 50.2 Å². The first-order valence-electron chi connectivity index (χ1n) is 15.5. The van der Waals surface area contributed by atoms with Gasteiger partial charge in [-0.15, -0.1) is 0 Å². The summed E-state index contributed by atoms with van der Waals surface area (Å²) in [6.07, 6.45) is 4.50. The zero-order chi connectivity index (χ0) is 30.8. The van der Waals surface area contributed by atoms with Gasteiger partial charge < -0.3 is 24.3 Å². The fraction of sp³-hybridized carbons (Fsp3) is 0.485. The summed E-state index contributed by atoms with van der Waals surface area (Å²) in [6, 6.07) is 13.3. The molecule has 0 amide bonds. The molecule has 1 saturated heterocycles. The first kappa shape index (κ1) is 30.3. The Balaban J connectivity index is 1.31. The highest BCUT2D eigenvalue weighted by molar-refractivity contribution is 7.92. The molecule has 1 aliphatic carbocycles. The summed E-state index contributed by atoms with van der Waals surface area (Å²) in [7, 11) is -1.51. The third kappa shape index (κ3) is 5.99. The minimum absolute atomic E-state index is 0.0713. The molecule has 2 fully saturated rings. The number of rotatable bonds is 10. The standard InChI is InChI=1S/C33H41N7O3S/c1-5-44(41,42)40-18-17-39(22-27(40)21-34-3)32-28-15-16-38(30-14-7-11-25-10-6-9-24(2)31(25)30)23-29(28)35-33(36-32)43-20-19-37(4)26-12-8-13-26/h5-7,9-11,14,26-27H,1,8,12-13,15-23H2,2,4H3/t27-/m0/s1. The summed E-state index contributed by atoms with van der Waals surface area (Å²) < 4.78 is 33.1. The third-order valence-corrected chi connectivity index (χ3v) is 11.0. The van der Waals surface area contributed by atoms with E-state index < -0.39 is 16.1 Å². The molecule has 0 spiro atoms. The lowest BCUT2D eigenvalue weighted by molar-refractivity contribution is 0.132. The van der Waals surface area contributed by atoms with E-state index in [2.05, 4.69) is 76.5 Å². The Labute approximate surface area is 260 Å². The lowest BCUT2D eigenvalue weighted by Crippen LogP contribution is -2.56. The minimum atomic E-state index is -3.65. The van der Waals surface area contributed by atoms with Crippen molar-refractivity contribution in [3.05, 3.63) is 76.6 Å². The molecule has 6 rings (SSSR count). The van der Waals surface area contributed by atoms with Crippen LogP contribution >= 0.6 is 0 Å². The number of fused-ring (bicyclic) bond motifs is 2. The molecule has 0 bridgehead atoms. The molecule has 0 radical (unpaired) electrons. The van der Waals surface area contributed by atoms with E-state index in [4.69, 9.17) is 21.3 Å². The molecule has 2 aliphatic heterocycles. The predicted molar refractivity (Wildman–Crippen MR) is 175 cm³/mol. The van der Waals surface area contributed by atoms with Crippen molar-refractivity contribution < 1.29 is 13.2 Å². The van der Waals surface area contributed by atoms with Crippen molar-refractivity contribution >= 4 is 32.3 Å². The van der Waals surface area contributed by atoms with E-state index in [9.17, 15) is 8.42 Å². The number of aryl methyl sites for hydroxylation is 1. The van der Waals surface area contributed by atoms with Gasteiger partial charge in [-0.25, -0.2) is 15.0 Å². The predicted octanol–water partition coefficient (Wildman–Crippen LogP) is 4.25. The van der Waals surface area contributed by atoms with Gasteiger partial charge >= 0.3 is 6.01 Å². The average Bonchev–Trinajstić information content (AvgIpc) is 2.99. The largest absolute Gasteiger partial charge is 0.462 e. The van der Waals surface area contributed by atoms with Crippen LogP contribution in [0.15, 0.2) is 48.4 Å². The number of ether oxygens (including phenoxy) is 1. The topological polar surface area (TPSA) is 86.5 Å². The monoisotopic (exact) mass is 615 g/mol. The van der Waals surface area contributed by atoms with Crippen LogP contribution in [0.5, 0.6) is 6.01 Å². The summed E-state index contributed by atoms with van der Waals surface area (Å²) in [5.41, 5.74) is 4.43. The van der Waals surface area contributed by atoms with Crippen LogP contribution in [0.4, 0.5) is 11.5 Å². The van der Waals surface area contributed by atoms with Gasteiger partial charge in [-0.1, -0.05) is 43.3 Å². The summed E-state index contributed by atoms with van der Waals surface area (Å²) >= 11 is 0.